The second-order valence-electron chi connectivity index (χ2n) is 6.76. The first-order valence-corrected chi connectivity index (χ1v) is 9.12. The Hall–Kier alpha value is -1.86. The second-order valence-corrected chi connectivity index (χ2v) is 6.76. The maximum atomic E-state index is 12.8. The van der Waals surface area contributed by atoms with Crippen molar-refractivity contribution < 1.29 is 14.3 Å². The van der Waals surface area contributed by atoms with Crippen LogP contribution in [0.5, 0.6) is 11.5 Å². The van der Waals surface area contributed by atoms with Gasteiger partial charge in [0.1, 0.15) is 5.75 Å². The first-order valence-electron chi connectivity index (χ1n) is 9.12. The third-order valence-electron chi connectivity index (χ3n) is 5.01. The highest BCUT2D eigenvalue weighted by Crippen LogP contribution is 2.32. The van der Waals surface area contributed by atoms with Crippen LogP contribution in [0.25, 0.3) is 0 Å². The topological polar surface area (TPSA) is 72.5 Å². The number of hydrogen-bond acceptors (Lipinski definition) is 5. The molecule has 1 aromatic heterocycles. The lowest BCUT2D eigenvalue weighted by Crippen LogP contribution is -2.52. The Bertz CT molecular complexity index is 763. The smallest absolute Gasteiger partial charge is 0.227 e. The van der Waals surface area contributed by atoms with Crippen molar-refractivity contribution in [3.8, 4) is 11.5 Å². The predicted octanol–water partition coefficient (Wildman–Crippen LogP) is 3.81. The molecular weight excluding hydrogens is 401 g/mol. The molecule has 0 bridgehead atoms. The maximum absolute atomic E-state index is 12.8. The van der Waals surface area contributed by atoms with Crippen LogP contribution >= 0.6 is 24.8 Å². The lowest BCUT2D eigenvalue weighted by atomic mass is 9.82. The molecule has 1 aliphatic carbocycles. The summed E-state index contributed by atoms with van der Waals surface area (Å²) in [5.41, 5.74) is 0.677. The van der Waals surface area contributed by atoms with Crippen molar-refractivity contribution in [3.05, 3.63) is 48.8 Å². The van der Waals surface area contributed by atoms with Crippen LogP contribution in [0, 0.1) is 5.92 Å². The van der Waals surface area contributed by atoms with Gasteiger partial charge in [-0.15, -0.1) is 24.8 Å². The molecule has 2 fully saturated rings. The molecule has 4 rings (SSSR count). The van der Waals surface area contributed by atoms with E-state index in [0.717, 1.165) is 32.4 Å². The molecule has 2 aromatic rings. The zero-order chi connectivity index (χ0) is 17.8. The summed E-state index contributed by atoms with van der Waals surface area (Å²) in [6.07, 6.45) is 6.16. The minimum absolute atomic E-state index is 0. The van der Waals surface area contributed by atoms with E-state index in [2.05, 4.69) is 15.6 Å². The van der Waals surface area contributed by atoms with Gasteiger partial charge in [-0.3, -0.25) is 9.78 Å². The van der Waals surface area contributed by atoms with Gasteiger partial charge in [-0.2, -0.15) is 0 Å². The van der Waals surface area contributed by atoms with E-state index < -0.39 is 0 Å². The molecule has 8 heteroatoms. The van der Waals surface area contributed by atoms with E-state index in [9.17, 15) is 4.79 Å². The van der Waals surface area contributed by atoms with Crippen LogP contribution in [0.4, 0.5) is 5.69 Å². The maximum Gasteiger partial charge on any atom is 0.227 e. The zero-order valence-corrected chi connectivity index (χ0v) is 17.0. The quantitative estimate of drug-likeness (QED) is 0.778. The molecule has 1 saturated carbocycles. The number of para-hydroxylation sites is 2. The minimum atomic E-state index is -0.0168. The highest BCUT2D eigenvalue weighted by Gasteiger charge is 2.36. The first kappa shape index (κ1) is 22.4. The molecule has 152 valence electrons. The molecule has 1 aliphatic heterocycles. The van der Waals surface area contributed by atoms with Gasteiger partial charge in [0.05, 0.1) is 24.6 Å². The fourth-order valence-electron chi connectivity index (χ4n) is 3.68. The Kier molecular flexibility index (Phi) is 8.51. The van der Waals surface area contributed by atoms with Crippen molar-refractivity contribution in [2.24, 2.45) is 5.92 Å². The van der Waals surface area contributed by atoms with Gasteiger partial charge in [0.2, 0.25) is 5.91 Å². The third-order valence-corrected chi connectivity index (χ3v) is 5.01. The normalized spacial score (nSPS) is 23.4. The van der Waals surface area contributed by atoms with E-state index in [4.69, 9.17) is 9.47 Å². The average Bonchev–Trinajstić information content (AvgIpc) is 2.70. The van der Waals surface area contributed by atoms with E-state index in [1.807, 2.05) is 36.4 Å². The molecule has 2 heterocycles. The van der Waals surface area contributed by atoms with Crippen molar-refractivity contribution in [3.63, 3.8) is 0 Å². The largest absolute Gasteiger partial charge is 0.454 e. The molecule has 6 nitrogen and oxygen atoms in total. The number of benzene rings is 1. The SMILES string of the molecule is Cl.Cl.O=C(Nc1ccccc1Oc1cccnc1)[C@H]1CC[C@H]2OCCN[C@@H]2C1. The number of hydrogen-bond donors (Lipinski definition) is 2. The highest BCUT2D eigenvalue weighted by atomic mass is 35.5. The van der Waals surface area contributed by atoms with Crippen molar-refractivity contribution >= 4 is 36.4 Å². The van der Waals surface area contributed by atoms with Crippen LogP contribution in [-0.2, 0) is 9.53 Å². The van der Waals surface area contributed by atoms with Crippen LogP contribution in [-0.4, -0.2) is 36.2 Å². The van der Waals surface area contributed by atoms with Gasteiger partial charge in [-0.25, -0.2) is 0 Å². The average molecular weight is 426 g/mol. The Morgan fingerprint density at radius 3 is 2.86 bits per heavy atom. The van der Waals surface area contributed by atoms with Gasteiger partial charge < -0.3 is 20.1 Å². The van der Waals surface area contributed by atoms with E-state index in [1.165, 1.54) is 0 Å². The summed E-state index contributed by atoms with van der Waals surface area (Å²) in [5, 5.41) is 6.52. The van der Waals surface area contributed by atoms with Gasteiger partial charge in [-0.1, -0.05) is 12.1 Å². The summed E-state index contributed by atoms with van der Waals surface area (Å²) in [7, 11) is 0. The third kappa shape index (κ3) is 5.35. The summed E-state index contributed by atoms with van der Waals surface area (Å²) < 4.78 is 11.7. The number of nitrogens with zero attached hydrogens (tertiary/aromatic N) is 1. The molecular formula is C20H25Cl2N3O3. The van der Waals surface area contributed by atoms with Crippen molar-refractivity contribution in [1.29, 1.82) is 0 Å². The summed E-state index contributed by atoms with van der Waals surface area (Å²) >= 11 is 0. The number of morpholine rings is 1. The summed E-state index contributed by atoms with van der Waals surface area (Å²) in [6, 6.07) is 11.4. The number of carbonyl (C=O) groups is 1. The van der Waals surface area contributed by atoms with Crippen molar-refractivity contribution in [2.45, 2.75) is 31.4 Å². The van der Waals surface area contributed by atoms with E-state index in [0.29, 0.717) is 17.2 Å². The van der Waals surface area contributed by atoms with Gasteiger partial charge >= 0.3 is 0 Å². The predicted molar refractivity (Wildman–Crippen MR) is 113 cm³/mol. The highest BCUT2D eigenvalue weighted by molar-refractivity contribution is 5.94. The fraction of sp³-hybridized carbons (Fsp3) is 0.400. The number of rotatable bonds is 4. The number of nitrogens with one attached hydrogen (secondary N) is 2. The minimum Gasteiger partial charge on any atom is -0.454 e. The molecule has 0 spiro atoms. The first-order chi connectivity index (χ1) is 12.8. The summed E-state index contributed by atoms with van der Waals surface area (Å²) in [4.78, 5) is 16.9. The number of carbonyl (C=O) groups excluding carboxylic acids is 1. The van der Waals surface area contributed by atoms with E-state index >= 15 is 0 Å². The molecule has 3 atom stereocenters. The number of pyridine rings is 1. The molecule has 2 aliphatic rings. The Labute approximate surface area is 177 Å². The van der Waals surface area contributed by atoms with Crippen LogP contribution in [0.15, 0.2) is 48.8 Å². The van der Waals surface area contributed by atoms with Crippen LogP contribution in [0.3, 0.4) is 0 Å². The molecule has 1 amide bonds. The Morgan fingerprint density at radius 2 is 2.04 bits per heavy atom. The molecule has 1 aromatic carbocycles. The number of fused-ring (bicyclic) bond motifs is 1. The number of ether oxygens (including phenoxy) is 2. The molecule has 2 N–H and O–H groups in total. The van der Waals surface area contributed by atoms with Crippen LogP contribution in [0.1, 0.15) is 19.3 Å². The number of aromatic nitrogens is 1. The fourth-order valence-corrected chi connectivity index (χ4v) is 3.68. The van der Waals surface area contributed by atoms with Gasteiger partial charge in [-0.05, 0) is 43.5 Å². The molecule has 0 unspecified atom stereocenters. The van der Waals surface area contributed by atoms with Gasteiger partial charge in [0.15, 0.2) is 5.75 Å². The lowest BCUT2D eigenvalue weighted by Gasteiger charge is -2.39. The van der Waals surface area contributed by atoms with Gasteiger partial charge in [0, 0.05) is 24.7 Å². The Morgan fingerprint density at radius 1 is 1.18 bits per heavy atom. The number of halogens is 2. The van der Waals surface area contributed by atoms with Crippen LogP contribution in [0.2, 0.25) is 0 Å². The van der Waals surface area contributed by atoms with Crippen LogP contribution < -0.4 is 15.4 Å². The lowest BCUT2D eigenvalue weighted by molar-refractivity contribution is -0.123. The Balaban J connectivity index is 0.00000140. The van der Waals surface area contributed by atoms with E-state index in [-0.39, 0.29) is 48.8 Å². The monoisotopic (exact) mass is 425 g/mol. The summed E-state index contributed by atoms with van der Waals surface area (Å²) in [6.45, 7) is 1.62. The molecule has 28 heavy (non-hydrogen) atoms. The van der Waals surface area contributed by atoms with E-state index in [1.54, 1.807) is 12.4 Å². The van der Waals surface area contributed by atoms with Gasteiger partial charge in [0.25, 0.3) is 0 Å². The number of amides is 1. The number of anilines is 1. The van der Waals surface area contributed by atoms with Crippen molar-refractivity contribution in [1.82, 2.24) is 10.3 Å². The zero-order valence-electron chi connectivity index (χ0n) is 15.4. The second kappa shape index (κ2) is 10.6. The standard InChI is InChI=1S/C20H23N3O3.2ClH/c24-20(14-7-8-18-17(12-14)22-10-11-25-18)23-16-5-1-2-6-19(16)26-15-4-3-9-21-13-15;;/h1-6,9,13-14,17-18,22H,7-8,10-12H2,(H,23,24);2*1H/t14-,17+,18+;;/m0../s1. The molecule has 0 radical (unpaired) electrons. The summed E-state index contributed by atoms with van der Waals surface area (Å²) in [5.74, 6) is 1.27. The van der Waals surface area contributed by atoms with Crippen molar-refractivity contribution in [2.75, 3.05) is 18.5 Å². The molecule has 1 saturated heterocycles.